The number of ether oxygens (including phenoxy) is 1. The predicted octanol–water partition coefficient (Wildman–Crippen LogP) is 5.87. The quantitative estimate of drug-likeness (QED) is 0.230. The molecule has 3 aromatic rings. The van der Waals surface area contributed by atoms with Crippen LogP contribution in [0.3, 0.4) is 0 Å². The number of carbonyl (C=O) groups excluding carboxylic acids is 2. The first kappa shape index (κ1) is 21.6. The molecular weight excluding hydrogens is 477 g/mol. The zero-order chi connectivity index (χ0) is 21.1. The highest BCUT2D eigenvalue weighted by molar-refractivity contribution is 14.1. The van der Waals surface area contributed by atoms with Crippen LogP contribution in [-0.4, -0.2) is 23.4 Å². The first-order chi connectivity index (χ1) is 13.9. The molecule has 0 spiro atoms. The van der Waals surface area contributed by atoms with Gasteiger partial charge in [0.1, 0.15) is 0 Å². The van der Waals surface area contributed by atoms with Gasteiger partial charge in [-0.25, -0.2) is 4.79 Å². The van der Waals surface area contributed by atoms with E-state index in [0.29, 0.717) is 12.1 Å². The summed E-state index contributed by atoms with van der Waals surface area (Å²) < 4.78 is 8.30. The van der Waals surface area contributed by atoms with E-state index < -0.39 is 0 Å². The van der Waals surface area contributed by atoms with E-state index in [9.17, 15) is 9.59 Å². The average Bonchev–Trinajstić information content (AvgIpc) is 3.01. The molecule has 152 valence electrons. The van der Waals surface area contributed by atoms with E-state index in [1.54, 1.807) is 6.07 Å². The SMILES string of the molecule is CCCc1c(C(=O)C(C)C)c2ccc(C(=O)OC)cc2n1Cc1ccccc1I. The van der Waals surface area contributed by atoms with Gasteiger partial charge in [-0.3, -0.25) is 4.79 Å². The number of aromatic nitrogens is 1. The van der Waals surface area contributed by atoms with Crippen LogP contribution in [0.25, 0.3) is 10.9 Å². The molecule has 0 bridgehead atoms. The molecule has 0 N–H and O–H groups in total. The van der Waals surface area contributed by atoms with Crippen molar-refractivity contribution in [3.63, 3.8) is 0 Å². The molecule has 2 aromatic carbocycles. The Hall–Kier alpha value is -2.15. The minimum atomic E-state index is -0.372. The summed E-state index contributed by atoms with van der Waals surface area (Å²) in [5.74, 6) is -0.324. The molecule has 5 heteroatoms. The summed E-state index contributed by atoms with van der Waals surface area (Å²) in [5, 5.41) is 0.908. The number of methoxy groups -OCH3 is 1. The van der Waals surface area contributed by atoms with Gasteiger partial charge >= 0.3 is 5.97 Å². The van der Waals surface area contributed by atoms with Crippen LogP contribution in [0.4, 0.5) is 0 Å². The van der Waals surface area contributed by atoms with Crippen LogP contribution in [0, 0.1) is 9.49 Å². The molecule has 0 amide bonds. The molecule has 1 aromatic heterocycles. The van der Waals surface area contributed by atoms with Gasteiger partial charge in [-0.1, -0.05) is 51.5 Å². The molecule has 29 heavy (non-hydrogen) atoms. The highest BCUT2D eigenvalue weighted by atomic mass is 127. The van der Waals surface area contributed by atoms with E-state index in [1.807, 2.05) is 38.1 Å². The van der Waals surface area contributed by atoms with Gasteiger partial charge in [-0.05, 0) is 52.8 Å². The molecule has 0 saturated heterocycles. The second kappa shape index (κ2) is 9.11. The van der Waals surface area contributed by atoms with Crippen LogP contribution >= 0.6 is 22.6 Å². The maximum Gasteiger partial charge on any atom is 0.337 e. The maximum atomic E-state index is 13.2. The monoisotopic (exact) mass is 503 g/mol. The van der Waals surface area contributed by atoms with Gasteiger partial charge in [0, 0.05) is 32.7 Å². The van der Waals surface area contributed by atoms with Gasteiger partial charge in [-0.15, -0.1) is 0 Å². The van der Waals surface area contributed by atoms with Gasteiger partial charge < -0.3 is 9.30 Å². The van der Waals surface area contributed by atoms with Crippen molar-refractivity contribution in [2.45, 2.75) is 40.2 Å². The van der Waals surface area contributed by atoms with Crippen molar-refractivity contribution in [3.05, 3.63) is 68.4 Å². The molecule has 0 radical (unpaired) electrons. The number of fused-ring (bicyclic) bond motifs is 1. The van der Waals surface area contributed by atoms with Crippen molar-refractivity contribution >= 4 is 45.2 Å². The lowest BCUT2D eigenvalue weighted by Crippen LogP contribution is -2.12. The number of esters is 1. The fourth-order valence-corrected chi connectivity index (χ4v) is 4.24. The van der Waals surface area contributed by atoms with Gasteiger partial charge in [0.15, 0.2) is 5.78 Å². The van der Waals surface area contributed by atoms with Gasteiger partial charge in [0.05, 0.1) is 18.2 Å². The molecular formula is C24H26INO3. The number of benzene rings is 2. The van der Waals surface area contributed by atoms with Crippen molar-refractivity contribution in [2.24, 2.45) is 5.92 Å². The van der Waals surface area contributed by atoms with E-state index in [1.165, 1.54) is 16.2 Å². The molecule has 0 aliphatic heterocycles. The number of hydrogen-bond donors (Lipinski definition) is 0. The summed E-state index contributed by atoms with van der Waals surface area (Å²) in [6, 6.07) is 13.7. The Labute approximate surface area is 185 Å². The molecule has 3 rings (SSSR count). The summed E-state index contributed by atoms with van der Waals surface area (Å²) >= 11 is 2.34. The van der Waals surface area contributed by atoms with Crippen LogP contribution in [0.2, 0.25) is 0 Å². The van der Waals surface area contributed by atoms with Crippen molar-refractivity contribution in [1.29, 1.82) is 0 Å². The molecule has 0 atom stereocenters. The third-order valence-corrected chi connectivity index (χ3v) is 6.19. The van der Waals surface area contributed by atoms with Gasteiger partial charge in [-0.2, -0.15) is 0 Å². The van der Waals surface area contributed by atoms with E-state index in [-0.39, 0.29) is 17.7 Å². The number of hydrogen-bond acceptors (Lipinski definition) is 3. The van der Waals surface area contributed by atoms with Crippen molar-refractivity contribution < 1.29 is 14.3 Å². The third kappa shape index (κ3) is 4.25. The van der Waals surface area contributed by atoms with Crippen molar-refractivity contribution in [2.75, 3.05) is 7.11 Å². The Morgan fingerprint density at radius 3 is 2.48 bits per heavy atom. The Morgan fingerprint density at radius 1 is 1.14 bits per heavy atom. The number of halogens is 1. The van der Waals surface area contributed by atoms with E-state index in [4.69, 9.17) is 4.74 Å². The predicted molar refractivity (Wildman–Crippen MR) is 125 cm³/mol. The zero-order valence-corrected chi connectivity index (χ0v) is 19.4. The summed E-state index contributed by atoms with van der Waals surface area (Å²) in [6.07, 6.45) is 1.74. The number of rotatable bonds is 7. The number of nitrogens with zero attached hydrogens (tertiary/aromatic N) is 1. The highest BCUT2D eigenvalue weighted by Crippen LogP contribution is 2.32. The van der Waals surface area contributed by atoms with Crippen LogP contribution in [0.5, 0.6) is 0 Å². The second-order valence-electron chi connectivity index (χ2n) is 7.49. The Morgan fingerprint density at radius 2 is 1.86 bits per heavy atom. The fourth-order valence-electron chi connectivity index (χ4n) is 3.68. The summed E-state index contributed by atoms with van der Waals surface area (Å²) in [4.78, 5) is 25.3. The lowest BCUT2D eigenvalue weighted by Gasteiger charge is -2.14. The normalized spacial score (nSPS) is 11.2. The first-order valence-corrected chi connectivity index (χ1v) is 11.0. The van der Waals surface area contributed by atoms with Crippen LogP contribution in [-0.2, 0) is 17.7 Å². The first-order valence-electron chi connectivity index (χ1n) is 9.90. The Bertz CT molecular complexity index is 1070. The van der Waals surface area contributed by atoms with Crippen molar-refractivity contribution in [1.82, 2.24) is 4.57 Å². The minimum Gasteiger partial charge on any atom is -0.465 e. The van der Waals surface area contributed by atoms with E-state index >= 15 is 0 Å². The van der Waals surface area contributed by atoms with E-state index in [0.717, 1.165) is 35.0 Å². The second-order valence-corrected chi connectivity index (χ2v) is 8.65. The molecule has 1 heterocycles. The van der Waals surface area contributed by atoms with Crippen LogP contribution < -0.4 is 0 Å². The molecule has 0 aliphatic carbocycles. The lowest BCUT2D eigenvalue weighted by molar-refractivity contribution is 0.0600. The summed E-state index contributed by atoms with van der Waals surface area (Å²) in [7, 11) is 1.38. The van der Waals surface area contributed by atoms with Crippen LogP contribution in [0.1, 0.15) is 59.2 Å². The topological polar surface area (TPSA) is 48.3 Å². The lowest BCUT2D eigenvalue weighted by atomic mass is 9.96. The van der Waals surface area contributed by atoms with Crippen molar-refractivity contribution in [3.8, 4) is 0 Å². The van der Waals surface area contributed by atoms with Gasteiger partial charge in [0.2, 0.25) is 0 Å². The highest BCUT2D eigenvalue weighted by Gasteiger charge is 2.25. The number of ketones is 1. The van der Waals surface area contributed by atoms with Crippen LogP contribution in [0.15, 0.2) is 42.5 Å². The Kier molecular flexibility index (Phi) is 6.77. The molecule has 0 fully saturated rings. The number of carbonyl (C=O) groups is 2. The Balaban J connectivity index is 2.32. The molecule has 0 unspecified atom stereocenters. The molecule has 0 aliphatic rings. The largest absolute Gasteiger partial charge is 0.465 e. The molecule has 4 nitrogen and oxygen atoms in total. The smallest absolute Gasteiger partial charge is 0.337 e. The standard InChI is InChI=1S/C24H26INO3/c1-5-8-20-22(23(27)15(2)3)18-12-11-16(24(28)29-4)13-21(18)26(20)14-17-9-6-7-10-19(17)25/h6-7,9-13,15H,5,8,14H2,1-4H3. The van der Waals surface area contributed by atoms with Gasteiger partial charge in [0.25, 0.3) is 0 Å². The maximum absolute atomic E-state index is 13.2. The summed E-state index contributed by atoms with van der Waals surface area (Å²) in [5.41, 5.74) is 4.42. The number of Topliss-reactive ketones (excluding diaryl/α,β-unsaturated/α-hetero) is 1. The average molecular weight is 503 g/mol. The molecule has 0 saturated carbocycles. The third-order valence-electron chi connectivity index (χ3n) is 5.14. The summed E-state index contributed by atoms with van der Waals surface area (Å²) in [6.45, 7) is 6.65. The van der Waals surface area contributed by atoms with E-state index in [2.05, 4.69) is 46.2 Å². The fraction of sp³-hybridized carbons (Fsp3) is 0.333. The zero-order valence-electron chi connectivity index (χ0n) is 17.3. The minimum absolute atomic E-state index is 0.0956.